The number of carbonyl (C=O) groups excluding carboxylic acids is 1. The summed E-state index contributed by atoms with van der Waals surface area (Å²) in [5.74, 6) is 0.218. The van der Waals surface area contributed by atoms with Crippen LogP contribution in [0.3, 0.4) is 0 Å². The third kappa shape index (κ3) is 5.17. The molecule has 0 aliphatic carbocycles. The highest BCUT2D eigenvalue weighted by molar-refractivity contribution is 9.10. The van der Waals surface area contributed by atoms with Gasteiger partial charge in [0.1, 0.15) is 5.78 Å². The summed E-state index contributed by atoms with van der Waals surface area (Å²) in [6, 6.07) is 6.14. The first kappa shape index (κ1) is 15.7. The van der Waals surface area contributed by atoms with Gasteiger partial charge >= 0.3 is 0 Å². The molecule has 0 N–H and O–H groups in total. The fourth-order valence-corrected chi connectivity index (χ4v) is 2.19. The second kappa shape index (κ2) is 7.91. The predicted octanol–water partition coefficient (Wildman–Crippen LogP) is 4.85. The van der Waals surface area contributed by atoms with Gasteiger partial charge < -0.3 is 0 Å². The minimum atomic E-state index is 0.0376. The maximum absolute atomic E-state index is 11.1. The van der Waals surface area contributed by atoms with Crippen molar-refractivity contribution >= 4 is 33.5 Å². The SMILES string of the molecule is CC.CC(=O)C(C)Sc1ccc(Br)c(C)c1. The second-order valence-corrected chi connectivity index (χ2v) is 5.55. The minimum Gasteiger partial charge on any atom is -0.299 e. The lowest BCUT2D eigenvalue weighted by Gasteiger charge is -2.08. The molecule has 0 heterocycles. The zero-order valence-electron chi connectivity index (χ0n) is 10.5. The summed E-state index contributed by atoms with van der Waals surface area (Å²) in [4.78, 5) is 12.2. The Morgan fingerprint density at radius 2 is 1.94 bits per heavy atom. The number of hydrogen-bond acceptors (Lipinski definition) is 2. The first-order valence-electron chi connectivity index (χ1n) is 5.44. The maximum Gasteiger partial charge on any atom is 0.142 e. The van der Waals surface area contributed by atoms with Crippen molar-refractivity contribution in [2.75, 3.05) is 0 Å². The van der Waals surface area contributed by atoms with Gasteiger partial charge in [0.15, 0.2) is 0 Å². The van der Waals surface area contributed by atoms with Crippen LogP contribution in [0.2, 0.25) is 0 Å². The van der Waals surface area contributed by atoms with E-state index in [1.54, 1.807) is 18.7 Å². The van der Waals surface area contributed by atoms with Crippen molar-refractivity contribution < 1.29 is 4.79 Å². The predicted molar refractivity (Wildman–Crippen MR) is 76.2 cm³/mol. The van der Waals surface area contributed by atoms with Crippen molar-refractivity contribution in [1.29, 1.82) is 0 Å². The molecule has 0 saturated carbocycles. The molecule has 0 fully saturated rings. The number of ketones is 1. The summed E-state index contributed by atoms with van der Waals surface area (Å²) >= 11 is 5.05. The first-order valence-corrected chi connectivity index (χ1v) is 7.11. The van der Waals surface area contributed by atoms with E-state index < -0.39 is 0 Å². The van der Waals surface area contributed by atoms with Crippen LogP contribution in [0.25, 0.3) is 0 Å². The van der Waals surface area contributed by atoms with Crippen LogP contribution in [-0.2, 0) is 4.79 Å². The lowest BCUT2D eigenvalue weighted by Crippen LogP contribution is -2.07. The molecule has 1 unspecified atom stereocenters. The average molecular weight is 303 g/mol. The molecule has 0 bridgehead atoms. The molecule has 1 aromatic rings. The molecule has 1 nitrogen and oxygen atoms in total. The number of benzene rings is 1. The van der Waals surface area contributed by atoms with Crippen LogP contribution in [0.1, 0.15) is 33.3 Å². The molecule has 1 aromatic carbocycles. The smallest absolute Gasteiger partial charge is 0.142 e. The molecular weight excluding hydrogens is 284 g/mol. The van der Waals surface area contributed by atoms with Crippen molar-refractivity contribution in [3.05, 3.63) is 28.2 Å². The Balaban J connectivity index is 0.00000106. The minimum absolute atomic E-state index is 0.0376. The number of hydrogen-bond donors (Lipinski definition) is 0. The molecule has 1 atom stereocenters. The van der Waals surface area contributed by atoms with Crippen molar-refractivity contribution in [1.82, 2.24) is 0 Å². The lowest BCUT2D eigenvalue weighted by molar-refractivity contribution is -0.116. The molecule has 0 amide bonds. The number of carbonyl (C=O) groups is 1. The Hall–Kier alpha value is -0.280. The van der Waals surface area contributed by atoms with Gasteiger partial charge in [-0.3, -0.25) is 4.79 Å². The summed E-state index contributed by atoms with van der Waals surface area (Å²) in [7, 11) is 0. The van der Waals surface area contributed by atoms with Crippen LogP contribution in [0.15, 0.2) is 27.6 Å². The van der Waals surface area contributed by atoms with Crippen molar-refractivity contribution in [3.8, 4) is 0 Å². The van der Waals surface area contributed by atoms with Gasteiger partial charge in [0.2, 0.25) is 0 Å². The van der Waals surface area contributed by atoms with E-state index in [2.05, 4.69) is 22.0 Å². The number of thioether (sulfide) groups is 1. The molecular formula is C13H19BrOS. The van der Waals surface area contributed by atoms with Crippen LogP contribution in [-0.4, -0.2) is 11.0 Å². The highest BCUT2D eigenvalue weighted by Crippen LogP contribution is 2.27. The molecule has 0 aromatic heterocycles. The van der Waals surface area contributed by atoms with E-state index in [9.17, 15) is 4.79 Å². The van der Waals surface area contributed by atoms with Gasteiger partial charge in [0.25, 0.3) is 0 Å². The van der Waals surface area contributed by atoms with Gasteiger partial charge in [-0.25, -0.2) is 0 Å². The van der Waals surface area contributed by atoms with Crippen LogP contribution in [0.5, 0.6) is 0 Å². The van der Waals surface area contributed by atoms with Gasteiger partial charge in [-0.2, -0.15) is 0 Å². The summed E-state index contributed by atoms with van der Waals surface area (Å²) in [6.07, 6.45) is 0. The zero-order chi connectivity index (χ0) is 12.7. The van der Waals surface area contributed by atoms with E-state index in [4.69, 9.17) is 0 Å². The van der Waals surface area contributed by atoms with Gasteiger partial charge in [-0.15, -0.1) is 11.8 Å². The fraction of sp³-hybridized carbons (Fsp3) is 0.462. The van der Waals surface area contributed by atoms with Crippen molar-refractivity contribution in [2.24, 2.45) is 0 Å². The van der Waals surface area contributed by atoms with Crippen molar-refractivity contribution in [3.63, 3.8) is 0 Å². The largest absolute Gasteiger partial charge is 0.299 e. The highest BCUT2D eigenvalue weighted by Gasteiger charge is 2.09. The molecule has 16 heavy (non-hydrogen) atoms. The maximum atomic E-state index is 11.1. The van der Waals surface area contributed by atoms with Gasteiger partial charge in [0.05, 0.1) is 5.25 Å². The van der Waals surface area contributed by atoms with Gasteiger partial charge in [-0.05, 0) is 44.5 Å². The first-order chi connectivity index (χ1) is 7.50. The Morgan fingerprint density at radius 3 is 2.38 bits per heavy atom. The fourth-order valence-electron chi connectivity index (χ4n) is 0.978. The summed E-state index contributed by atoms with van der Waals surface area (Å²) in [6.45, 7) is 9.61. The molecule has 0 spiro atoms. The Bertz CT molecular complexity index is 350. The molecule has 0 saturated heterocycles. The monoisotopic (exact) mass is 302 g/mol. The van der Waals surface area contributed by atoms with Crippen LogP contribution in [0, 0.1) is 6.92 Å². The third-order valence-corrected chi connectivity index (χ3v) is 4.12. The number of aryl methyl sites for hydroxylation is 1. The standard InChI is InChI=1S/C11H13BrOS.C2H6/c1-7-6-10(4-5-11(7)12)14-9(3)8(2)13;1-2/h4-6,9H,1-3H3;1-2H3. The van der Waals surface area contributed by atoms with Gasteiger partial charge in [0, 0.05) is 9.37 Å². The normalized spacial score (nSPS) is 11.4. The second-order valence-electron chi connectivity index (χ2n) is 3.28. The number of Topliss-reactive ketones (excluding diaryl/α,β-unsaturated/α-hetero) is 1. The molecule has 90 valence electrons. The van der Waals surface area contributed by atoms with Crippen LogP contribution >= 0.6 is 27.7 Å². The molecule has 0 aliphatic rings. The summed E-state index contributed by atoms with van der Waals surface area (Å²) in [5, 5.41) is 0.0376. The average Bonchev–Trinajstić information content (AvgIpc) is 2.26. The van der Waals surface area contributed by atoms with E-state index in [0.29, 0.717) is 0 Å². The Morgan fingerprint density at radius 1 is 1.38 bits per heavy atom. The van der Waals surface area contributed by atoms with Gasteiger partial charge in [-0.1, -0.05) is 29.8 Å². The van der Waals surface area contributed by atoms with Crippen LogP contribution < -0.4 is 0 Å². The number of halogens is 1. The van der Waals surface area contributed by atoms with E-state index in [1.165, 1.54) is 5.56 Å². The quantitative estimate of drug-likeness (QED) is 0.742. The van der Waals surface area contributed by atoms with E-state index in [0.717, 1.165) is 9.37 Å². The van der Waals surface area contributed by atoms with Crippen molar-refractivity contribution in [2.45, 2.75) is 44.8 Å². The van der Waals surface area contributed by atoms with E-state index >= 15 is 0 Å². The Labute approximate surface area is 111 Å². The highest BCUT2D eigenvalue weighted by atomic mass is 79.9. The number of rotatable bonds is 3. The lowest BCUT2D eigenvalue weighted by atomic mass is 10.2. The summed E-state index contributed by atoms with van der Waals surface area (Å²) in [5.41, 5.74) is 1.20. The Kier molecular flexibility index (Phi) is 7.77. The summed E-state index contributed by atoms with van der Waals surface area (Å²) < 4.78 is 1.11. The van der Waals surface area contributed by atoms with E-state index in [-0.39, 0.29) is 11.0 Å². The molecule has 1 rings (SSSR count). The third-order valence-electron chi connectivity index (χ3n) is 2.01. The molecule has 0 aliphatic heterocycles. The molecule has 0 radical (unpaired) electrons. The molecule has 3 heteroatoms. The zero-order valence-corrected chi connectivity index (χ0v) is 12.9. The van der Waals surface area contributed by atoms with Crippen LogP contribution in [0.4, 0.5) is 0 Å². The van der Waals surface area contributed by atoms with E-state index in [1.807, 2.05) is 39.8 Å². The topological polar surface area (TPSA) is 17.1 Å².